The summed E-state index contributed by atoms with van der Waals surface area (Å²) in [5.41, 5.74) is 3.11. The number of aliphatic hydroxyl groups is 1. The van der Waals surface area contributed by atoms with Gasteiger partial charge in [0.05, 0.1) is 5.69 Å². The van der Waals surface area contributed by atoms with E-state index in [-0.39, 0.29) is 0 Å². The first-order chi connectivity index (χ1) is 8.54. The van der Waals surface area contributed by atoms with E-state index in [1.54, 1.807) is 4.68 Å². The normalized spacial score (nSPS) is 12.9. The Kier molecular flexibility index (Phi) is 3.47. The first-order valence-corrected chi connectivity index (χ1v) is 6.09. The minimum absolute atomic E-state index is 0.518. The van der Waals surface area contributed by atoms with Crippen LogP contribution in [0.4, 0.5) is 0 Å². The number of hydrogen-bond donors (Lipinski definition) is 1. The highest BCUT2D eigenvalue weighted by Crippen LogP contribution is 2.20. The van der Waals surface area contributed by atoms with E-state index in [1.165, 1.54) is 6.33 Å². The fourth-order valence-electron chi connectivity index (χ4n) is 2.17. The molecule has 0 radical (unpaired) electrons. The number of hydrogen-bond acceptors (Lipinski definition) is 4. The van der Waals surface area contributed by atoms with Crippen LogP contribution in [0.25, 0.3) is 0 Å². The summed E-state index contributed by atoms with van der Waals surface area (Å²) in [6.45, 7) is 6.65. The smallest absolute Gasteiger partial charge is 0.156 e. The van der Waals surface area contributed by atoms with Crippen LogP contribution in [0.5, 0.6) is 0 Å². The van der Waals surface area contributed by atoms with Crippen molar-refractivity contribution in [3.05, 3.63) is 29.1 Å². The van der Waals surface area contributed by atoms with Crippen LogP contribution in [-0.2, 0) is 20.0 Å². The van der Waals surface area contributed by atoms with Crippen LogP contribution in [-0.4, -0.2) is 29.7 Å². The number of aryl methyl sites for hydroxylation is 3. The van der Waals surface area contributed by atoms with Crippen LogP contribution in [0.1, 0.15) is 35.8 Å². The first kappa shape index (κ1) is 12.8. The number of aromatic nitrogens is 5. The molecule has 2 heterocycles. The zero-order valence-corrected chi connectivity index (χ0v) is 11.3. The van der Waals surface area contributed by atoms with E-state index < -0.39 is 6.10 Å². The molecule has 2 rings (SSSR count). The third-order valence-corrected chi connectivity index (χ3v) is 3.30. The van der Waals surface area contributed by atoms with E-state index in [1.807, 2.05) is 32.5 Å². The second kappa shape index (κ2) is 4.89. The number of nitrogens with zero attached hydrogens (tertiary/aromatic N) is 5. The predicted molar refractivity (Wildman–Crippen MR) is 67.0 cm³/mol. The van der Waals surface area contributed by atoms with E-state index in [9.17, 15) is 5.11 Å². The van der Waals surface area contributed by atoms with Gasteiger partial charge in [0.25, 0.3) is 0 Å². The third-order valence-electron chi connectivity index (χ3n) is 3.30. The van der Waals surface area contributed by atoms with Crippen LogP contribution in [0.15, 0.2) is 6.33 Å². The SMILES string of the molecule is CCn1ncnc1C(O)Cc1c(C)nn(C)c1C. The summed E-state index contributed by atoms with van der Waals surface area (Å²) in [5, 5.41) is 18.7. The molecule has 0 saturated heterocycles. The summed E-state index contributed by atoms with van der Waals surface area (Å²) in [6.07, 6.45) is 1.35. The van der Waals surface area contributed by atoms with E-state index >= 15 is 0 Å². The minimum Gasteiger partial charge on any atom is -0.385 e. The topological polar surface area (TPSA) is 68.8 Å². The molecule has 18 heavy (non-hydrogen) atoms. The van der Waals surface area contributed by atoms with Crippen LogP contribution in [0, 0.1) is 13.8 Å². The third kappa shape index (κ3) is 2.15. The van der Waals surface area contributed by atoms with Crippen molar-refractivity contribution in [1.82, 2.24) is 24.5 Å². The summed E-state index contributed by atoms with van der Waals surface area (Å²) in [5.74, 6) is 0.611. The van der Waals surface area contributed by atoms with E-state index in [4.69, 9.17) is 0 Å². The van der Waals surface area contributed by atoms with Crippen molar-refractivity contribution in [2.75, 3.05) is 0 Å². The van der Waals surface area contributed by atoms with Crippen LogP contribution >= 0.6 is 0 Å². The lowest BCUT2D eigenvalue weighted by Gasteiger charge is -2.11. The van der Waals surface area contributed by atoms with E-state index in [0.29, 0.717) is 18.8 Å². The van der Waals surface area contributed by atoms with Crippen molar-refractivity contribution in [1.29, 1.82) is 0 Å². The Morgan fingerprint density at radius 1 is 1.39 bits per heavy atom. The van der Waals surface area contributed by atoms with Gasteiger partial charge >= 0.3 is 0 Å². The highest BCUT2D eigenvalue weighted by atomic mass is 16.3. The highest BCUT2D eigenvalue weighted by Gasteiger charge is 2.19. The average Bonchev–Trinajstić information content (AvgIpc) is 2.90. The Balaban J connectivity index is 2.24. The molecule has 2 aromatic heterocycles. The van der Waals surface area contributed by atoms with Crippen molar-refractivity contribution in [3.8, 4) is 0 Å². The molecular formula is C12H19N5O. The Labute approximate surface area is 106 Å². The number of rotatable bonds is 4. The quantitative estimate of drug-likeness (QED) is 0.875. The molecule has 0 aliphatic heterocycles. The summed E-state index contributed by atoms with van der Waals surface area (Å²) in [4.78, 5) is 4.12. The molecule has 0 aliphatic rings. The maximum atomic E-state index is 10.3. The molecule has 0 fully saturated rings. The lowest BCUT2D eigenvalue weighted by molar-refractivity contribution is 0.161. The van der Waals surface area contributed by atoms with Crippen molar-refractivity contribution < 1.29 is 5.11 Å². The van der Waals surface area contributed by atoms with Crippen molar-refractivity contribution >= 4 is 0 Å². The number of aliphatic hydroxyl groups excluding tert-OH is 1. The lowest BCUT2D eigenvalue weighted by atomic mass is 10.1. The summed E-state index contributed by atoms with van der Waals surface area (Å²) in [6, 6.07) is 0. The molecule has 0 bridgehead atoms. The Bertz CT molecular complexity index is 543. The summed E-state index contributed by atoms with van der Waals surface area (Å²) >= 11 is 0. The Hall–Kier alpha value is -1.69. The summed E-state index contributed by atoms with van der Waals surface area (Å²) in [7, 11) is 1.91. The maximum Gasteiger partial charge on any atom is 0.156 e. The monoisotopic (exact) mass is 249 g/mol. The Morgan fingerprint density at radius 3 is 2.67 bits per heavy atom. The van der Waals surface area contributed by atoms with E-state index in [0.717, 1.165) is 17.0 Å². The van der Waals surface area contributed by atoms with Crippen molar-refractivity contribution in [2.45, 2.75) is 39.8 Å². The molecule has 1 N–H and O–H groups in total. The standard InChI is InChI=1S/C12H19N5O/c1-5-17-12(13-7-14-17)11(18)6-10-8(2)15-16(4)9(10)3/h7,11,18H,5-6H2,1-4H3. The second-order valence-electron chi connectivity index (χ2n) is 4.43. The maximum absolute atomic E-state index is 10.3. The lowest BCUT2D eigenvalue weighted by Crippen LogP contribution is -2.12. The zero-order valence-electron chi connectivity index (χ0n) is 11.3. The van der Waals surface area contributed by atoms with Gasteiger partial charge in [0, 0.05) is 25.7 Å². The van der Waals surface area contributed by atoms with Gasteiger partial charge in [0.2, 0.25) is 0 Å². The van der Waals surface area contributed by atoms with Crippen molar-refractivity contribution in [2.24, 2.45) is 7.05 Å². The fourth-order valence-corrected chi connectivity index (χ4v) is 2.17. The van der Waals surface area contributed by atoms with Gasteiger partial charge < -0.3 is 5.11 Å². The zero-order chi connectivity index (χ0) is 13.3. The van der Waals surface area contributed by atoms with Gasteiger partial charge in [-0.1, -0.05) is 0 Å². The summed E-state index contributed by atoms with van der Waals surface area (Å²) < 4.78 is 3.55. The molecule has 98 valence electrons. The van der Waals surface area contributed by atoms with E-state index in [2.05, 4.69) is 15.2 Å². The molecule has 0 spiro atoms. The fraction of sp³-hybridized carbons (Fsp3) is 0.583. The molecule has 1 unspecified atom stereocenters. The van der Waals surface area contributed by atoms with Gasteiger partial charge in [0.1, 0.15) is 12.4 Å². The molecule has 0 saturated carbocycles. The van der Waals surface area contributed by atoms with Gasteiger partial charge in [-0.05, 0) is 26.3 Å². The van der Waals surface area contributed by atoms with Gasteiger partial charge in [-0.3, -0.25) is 4.68 Å². The van der Waals surface area contributed by atoms with Gasteiger partial charge in [0.15, 0.2) is 5.82 Å². The van der Waals surface area contributed by atoms with Gasteiger partial charge in [-0.2, -0.15) is 10.2 Å². The van der Waals surface area contributed by atoms with Gasteiger partial charge in [-0.15, -0.1) is 0 Å². The van der Waals surface area contributed by atoms with Gasteiger partial charge in [-0.25, -0.2) is 9.67 Å². The van der Waals surface area contributed by atoms with Crippen LogP contribution in [0.2, 0.25) is 0 Å². The molecule has 2 aromatic rings. The highest BCUT2D eigenvalue weighted by molar-refractivity contribution is 5.25. The van der Waals surface area contributed by atoms with Crippen LogP contribution < -0.4 is 0 Å². The minimum atomic E-state index is -0.644. The first-order valence-electron chi connectivity index (χ1n) is 6.09. The molecule has 6 nitrogen and oxygen atoms in total. The molecule has 1 atom stereocenters. The molecule has 0 amide bonds. The predicted octanol–water partition coefficient (Wildman–Crippen LogP) is 0.924. The molecule has 0 aliphatic carbocycles. The second-order valence-corrected chi connectivity index (χ2v) is 4.43. The molecule has 6 heteroatoms. The average molecular weight is 249 g/mol. The molecule has 0 aromatic carbocycles. The van der Waals surface area contributed by atoms with Crippen LogP contribution in [0.3, 0.4) is 0 Å². The molecular weight excluding hydrogens is 230 g/mol. The Morgan fingerprint density at radius 2 is 2.11 bits per heavy atom. The largest absolute Gasteiger partial charge is 0.385 e. The van der Waals surface area contributed by atoms with Crippen molar-refractivity contribution in [3.63, 3.8) is 0 Å².